The number of ether oxygens (including phenoxy) is 1. The number of nitrogens with zero attached hydrogens (tertiary/aromatic N) is 6. The first kappa shape index (κ1) is 13.4. The average Bonchev–Trinajstić information content (AvgIpc) is 2.96. The van der Waals surface area contributed by atoms with Gasteiger partial charge in [-0.05, 0) is 48.7 Å². The Hall–Kier alpha value is -2.54. The Balaban J connectivity index is 1.93. The number of benzene rings is 1. The number of hydrogen-bond acceptors (Lipinski definition) is 6. The molecule has 2 heterocycles. The van der Waals surface area contributed by atoms with Crippen LogP contribution in [0.2, 0.25) is 5.28 Å². The fourth-order valence-corrected chi connectivity index (χ4v) is 1.81. The normalized spacial score (nSPS) is 10.6. The summed E-state index contributed by atoms with van der Waals surface area (Å²) < 4.78 is 7.00. The van der Waals surface area contributed by atoms with E-state index in [-0.39, 0.29) is 17.2 Å². The van der Waals surface area contributed by atoms with E-state index in [1.807, 2.05) is 32.0 Å². The zero-order valence-corrected chi connectivity index (χ0v) is 12.1. The van der Waals surface area contributed by atoms with Crippen molar-refractivity contribution in [3.8, 4) is 17.7 Å². The van der Waals surface area contributed by atoms with Crippen molar-refractivity contribution >= 4 is 11.6 Å². The number of rotatable bonds is 3. The molecular formula is C13H11ClN6O. The Morgan fingerprint density at radius 3 is 2.67 bits per heavy atom. The first-order chi connectivity index (χ1) is 10.1. The van der Waals surface area contributed by atoms with Gasteiger partial charge in [0.25, 0.3) is 5.95 Å². The molecule has 0 bridgehead atoms. The van der Waals surface area contributed by atoms with Crippen LogP contribution in [0.1, 0.15) is 11.1 Å². The van der Waals surface area contributed by atoms with Gasteiger partial charge in [0, 0.05) is 0 Å². The third-order valence-corrected chi connectivity index (χ3v) is 3.06. The summed E-state index contributed by atoms with van der Waals surface area (Å²) in [5.74, 6) is 0.872. The summed E-state index contributed by atoms with van der Waals surface area (Å²) in [4.78, 5) is 15.9. The van der Waals surface area contributed by atoms with E-state index in [1.165, 1.54) is 22.9 Å². The average molecular weight is 303 g/mol. The smallest absolute Gasteiger partial charge is 0.328 e. The van der Waals surface area contributed by atoms with Crippen LogP contribution in [-0.2, 0) is 0 Å². The predicted octanol–water partition coefficient (Wildman–Crippen LogP) is 2.51. The van der Waals surface area contributed by atoms with Gasteiger partial charge in [-0.15, -0.1) is 0 Å². The highest BCUT2D eigenvalue weighted by Gasteiger charge is 2.09. The third-order valence-electron chi connectivity index (χ3n) is 2.89. The van der Waals surface area contributed by atoms with Crippen LogP contribution < -0.4 is 4.74 Å². The highest BCUT2D eigenvalue weighted by atomic mass is 35.5. The molecule has 2 aromatic heterocycles. The summed E-state index contributed by atoms with van der Waals surface area (Å²) in [5, 5.41) is 3.96. The largest absolute Gasteiger partial charge is 0.424 e. The van der Waals surface area contributed by atoms with Gasteiger partial charge < -0.3 is 4.74 Å². The molecule has 0 spiro atoms. The zero-order valence-electron chi connectivity index (χ0n) is 11.4. The SMILES string of the molecule is Cc1ccc(Oc2nc(Cl)nc(-n3cncn3)n2)cc1C. The van der Waals surface area contributed by atoms with E-state index in [1.54, 1.807) is 0 Å². The van der Waals surface area contributed by atoms with Gasteiger partial charge in [-0.3, -0.25) is 0 Å². The standard InChI is InChI=1S/C13H11ClN6O/c1-8-3-4-10(5-9(8)2)21-13-18-11(14)17-12(19-13)20-7-15-6-16-20/h3-7H,1-2H3. The van der Waals surface area contributed by atoms with E-state index in [4.69, 9.17) is 16.3 Å². The van der Waals surface area contributed by atoms with Crippen molar-refractivity contribution in [1.82, 2.24) is 29.7 Å². The van der Waals surface area contributed by atoms with E-state index in [9.17, 15) is 0 Å². The Bertz CT molecular complexity index is 774. The van der Waals surface area contributed by atoms with Crippen LogP contribution >= 0.6 is 11.6 Å². The second-order valence-electron chi connectivity index (χ2n) is 4.38. The van der Waals surface area contributed by atoms with Crippen molar-refractivity contribution in [3.63, 3.8) is 0 Å². The minimum atomic E-state index is 0.0225. The topological polar surface area (TPSA) is 78.6 Å². The van der Waals surface area contributed by atoms with Crippen LogP contribution in [0.3, 0.4) is 0 Å². The van der Waals surface area contributed by atoms with Crippen molar-refractivity contribution in [1.29, 1.82) is 0 Å². The van der Waals surface area contributed by atoms with Gasteiger partial charge in [0.15, 0.2) is 0 Å². The van der Waals surface area contributed by atoms with Crippen LogP contribution in [0.15, 0.2) is 30.9 Å². The molecule has 1 aromatic carbocycles. The number of halogens is 1. The van der Waals surface area contributed by atoms with Gasteiger partial charge in [0.2, 0.25) is 5.28 Å². The fraction of sp³-hybridized carbons (Fsp3) is 0.154. The van der Waals surface area contributed by atoms with Crippen molar-refractivity contribution in [2.45, 2.75) is 13.8 Å². The zero-order chi connectivity index (χ0) is 14.8. The number of aryl methyl sites for hydroxylation is 2. The maximum Gasteiger partial charge on any atom is 0.328 e. The van der Waals surface area contributed by atoms with E-state index in [0.717, 1.165) is 5.56 Å². The van der Waals surface area contributed by atoms with Crippen molar-refractivity contribution in [3.05, 3.63) is 47.3 Å². The molecule has 0 saturated heterocycles. The quantitative estimate of drug-likeness (QED) is 0.739. The highest BCUT2D eigenvalue weighted by Crippen LogP contribution is 2.22. The van der Waals surface area contributed by atoms with E-state index >= 15 is 0 Å². The molecule has 0 unspecified atom stereocenters. The summed E-state index contributed by atoms with van der Waals surface area (Å²) in [5.41, 5.74) is 2.29. The molecule has 0 aliphatic rings. The molecule has 3 rings (SSSR count). The lowest BCUT2D eigenvalue weighted by atomic mass is 10.1. The fourth-order valence-electron chi connectivity index (χ4n) is 1.66. The number of aromatic nitrogens is 6. The number of hydrogen-bond donors (Lipinski definition) is 0. The molecule has 7 nitrogen and oxygen atoms in total. The second kappa shape index (κ2) is 5.45. The molecule has 21 heavy (non-hydrogen) atoms. The van der Waals surface area contributed by atoms with Gasteiger partial charge in [-0.25, -0.2) is 4.98 Å². The first-order valence-corrected chi connectivity index (χ1v) is 6.51. The predicted molar refractivity (Wildman–Crippen MR) is 75.7 cm³/mol. The maximum atomic E-state index is 5.89. The van der Waals surface area contributed by atoms with Gasteiger partial charge in [-0.2, -0.15) is 24.7 Å². The van der Waals surface area contributed by atoms with Gasteiger partial charge in [0.05, 0.1) is 0 Å². The van der Waals surface area contributed by atoms with Crippen LogP contribution in [0.25, 0.3) is 5.95 Å². The van der Waals surface area contributed by atoms with Crippen LogP contribution in [0.5, 0.6) is 11.8 Å². The molecule has 8 heteroatoms. The monoisotopic (exact) mass is 302 g/mol. The maximum absolute atomic E-state index is 5.89. The Labute approximate surface area is 125 Å². The van der Waals surface area contributed by atoms with Crippen LogP contribution in [0.4, 0.5) is 0 Å². The van der Waals surface area contributed by atoms with Crippen molar-refractivity contribution in [2.24, 2.45) is 0 Å². The Morgan fingerprint density at radius 2 is 1.95 bits per heavy atom. The van der Waals surface area contributed by atoms with Crippen molar-refractivity contribution < 1.29 is 4.74 Å². The lowest BCUT2D eigenvalue weighted by molar-refractivity contribution is 0.437. The molecule has 0 amide bonds. The van der Waals surface area contributed by atoms with E-state index in [0.29, 0.717) is 5.75 Å². The van der Waals surface area contributed by atoms with Gasteiger partial charge in [0.1, 0.15) is 18.4 Å². The summed E-state index contributed by atoms with van der Waals surface area (Å²) >= 11 is 5.89. The molecule has 0 fully saturated rings. The first-order valence-electron chi connectivity index (χ1n) is 6.13. The molecule has 0 saturated carbocycles. The minimum Gasteiger partial charge on any atom is -0.424 e. The lowest BCUT2D eigenvalue weighted by Crippen LogP contribution is -2.05. The molecule has 0 atom stereocenters. The van der Waals surface area contributed by atoms with E-state index in [2.05, 4.69) is 25.0 Å². The molecule has 106 valence electrons. The second-order valence-corrected chi connectivity index (χ2v) is 4.71. The minimum absolute atomic E-state index is 0.0225. The van der Waals surface area contributed by atoms with Gasteiger partial charge in [-0.1, -0.05) is 6.07 Å². The molecule has 0 radical (unpaired) electrons. The molecule has 3 aromatic rings. The lowest BCUT2D eigenvalue weighted by Gasteiger charge is -2.07. The van der Waals surface area contributed by atoms with Crippen LogP contribution in [-0.4, -0.2) is 29.7 Å². The Morgan fingerprint density at radius 1 is 1.10 bits per heavy atom. The highest BCUT2D eigenvalue weighted by molar-refractivity contribution is 6.28. The van der Waals surface area contributed by atoms with Crippen LogP contribution in [0, 0.1) is 13.8 Å². The van der Waals surface area contributed by atoms with Crippen molar-refractivity contribution in [2.75, 3.05) is 0 Å². The van der Waals surface area contributed by atoms with E-state index < -0.39 is 0 Å². The summed E-state index contributed by atoms with van der Waals surface area (Å²) in [7, 11) is 0. The molecule has 0 aliphatic carbocycles. The molecule has 0 N–H and O–H groups in total. The third kappa shape index (κ3) is 2.97. The summed E-state index contributed by atoms with van der Waals surface area (Å²) in [6.45, 7) is 4.03. The molecule has 0 aliphatic heterocycles. The molecular weight excluding hydrogens is 292 g/mol. The summed E-state index contributed by atoms with van der Waals surface area (Å²) in [6.07, 6.45) is 2.84. The summed E-state index contributed by atoms with van der Waals surface area (Å²) in [6, 6.07) is 5.81. The Kier molecular flexibility index (Phi) is 3.49. The van der Waals surface area contributed by atoms with Gasteiger partial charge >= 0.3 is 6.01 Å².